The Morgan fingerprint density at radius 3 is 2.55 bits per heavy atom. The number of nitrogens with zero attached hydrogens (tertiary/aromatic N) is 1. The SMILES string of the molecule is Cc1ccc(NS(=O)(=O)c2ccc(C(N)=S)s2)c(C)n1. The maximum atomic E-state index is 12.3. The molecular weight excluding hydrogens is 314 g/mol. The van der Waals surface area contributed by atoms with E-state index in [0.717, 1.165) is 17.0 Å². The second-order valence-electron chi connectivity index (χ2n) is 4.17. The monoisotopic (exact) mass is 327 g/mol. The Morgan fingerprint density at radius 1 is 1.30 bits per heavy atom. The zero-order chi connectivity index (χ0) is 14.9. The summed E-state index contributed by atoms with van der Waals surface area (Å²) in [5.41, 5.74) is 7.40. The third-order valence-corrected chi connectivity index (χ3v) is 5.88. The first kappa shape index (κ1) is 14.9. The van der Waals surface area contributed by atoms with Crippen LogP contribution in [0.2, 0.25) is 0 Å². The highest BCUT2D eigenvalue weighted by atomic mass is 32.2. The molecule has 0 aliphatic carbocycles. The number of nitrogens with one attached hydrogen (secondary N) is 1. The quantitative estimate of drug-likeness (QED) is 0.841. The van der Waals surface area contributed by atoms with Crippen LogP contribution < -0.4 is 10.5 Å². The van der Waals surface area contributed by atoms with Gasteiger partial charge in [0.05, 0.1) is 16.3 Å². The van der Waals surface area contributed by atoms with Crippen molar-refractivity contribution in [3.8, 4) is 0 Å². The molecule has 0 amide bonds. The number of thiophene rings is 1. The van der Waals surface area contributed by atoms with Gasteiger partial charge < -0.3 is 5.73 Å². The minimum atomic E-state index is -3.65. The number of nitrogens with two attached hydrogens (primary N) is 1. The summed E-state index contributed by atoms with van der Waals surface area (Å²) in [6.07, 6.45) is 0. The normalized spacial score (nSPS) is 11.3. The topological polar surface area (TPSA) is 85.1 Å². The molecular formula is C12H13N3O2S3. The molecule has 0 fully saturated rings. The van der Waals surface area contributed by atoms with Crippen LogP contribution in [0.15, 0.2) is 28.5 Å². The molecule has 0 bridgehead atoms. The molecule has 2 aromatic rings. The van der Waals surface area contributed by atoms with Gasteiger partial charge in [-0.3, -0.25) is 9.71 Å². The average molecular weight is 327 g/mol. The molecule has 0 radical (unpaired) electrons. The van der Waals surface area contributed by atoms with Crippen LogP contribution >= 0.6 is 23.6 Å². The molecule has 8 heteroatoms. The van der Waals surface area contributed by atoms with Gasteiger partial charge in [0.1, 0.15) is 9.20 Å². The van der Waals surface area contributed by atoms with Crippen LogP contribution in [0.4, 0.5) is 5.69 Å². The van der Waals surface area contributed by atoms with Gasteiger partial charge in [0.15, 0.2) is 0 Å². The summed E-state index contributed by atoms with van der Waals surface area (Å²) in [6, 6.07) is 6.53. The Kier molecular flexibility index (Phi) is 4.07. The third kappa shape index (κ3) is 3.14. The fourth-order valence-electron chi connectivity index (χ4n) is 1.59. The number of aryl methyl sites for hydroxylation is 2. The summed E-state index contributed by atoms with van der Waals surface area (Å²) in [6.45, 7) is 3.60. The lowest BCUT2D eigenvalue weighted by molar-refractivity contribution is 0.603. The summed E-state index contributed by atoms with van der Waals surface area (Å²) >= 11 is 5.87. The first-order valence-corrected chi connectivity index (χ1v) is 8.37. The lowest BCUT2D eigenvalue weighted by Gasteiger charge is -2.09. The van der Waals surface area contributed by atoms with Gasteiger partial charge in [-0.25, -0.2) is 8.42 Å². The highest BCUT2D eigenvalue weighted by Crippen LogP contribution is 2.25. The molecule has 0 aliphatic rings. The molecule has 0 unspecified atom stereocenters. The smallest absolute Gasteiger partial charge is 0.271 e. The highest BCUT2D eigenvalue weighted by molar-refractivity contribution is 7.94. The number of thiocarbonyl (C=S) groups is 1. The fourth-order valence-corrected chi connectivity index (χ4v) is 4.06. The number of anilines is 1. The van der Waals surface area contributed by atoms with Crippen LogP contribution in [-0.2, 0) is 10.0 Å². The molecule has 0 saturated heterocycles. The minimum Gasteiger partial charge on any atom is -0.389 e. The van der Waals surface area contributed by atoms with Crippen molar-refractivity contribution in [3.05, 3.63) is 40.5 Å². The van der Waals surface area contributed by atoms with Crippen LogP contribution in [0.25, 0.3) is 0 Å². The fraction of sp³-hybridized carbons (Fsp3) is 0.167. The van der Waals surface area contributed by atoms with Crippen LogP contribution in [-0.4, -0.2) is 18.4 Å². The zero-order valence-corrected chi connectivity index (χ0v) is 13.3. The molecule has 2 aromatic heterocycles. The molecule has 2 heterocycles. The van der Waals surface area contributed by atoms with Crippen molar-refractivity contribution in [2.45, 2.75) is 18.1 Å². The van der Waals surface area contributed by atoms with Gasteiger partial charge in [0, 0.05) is 5.69 Å². The van der Waals surface area contributed by atoms with E-state index in [1.54, 1.807) is 25.1 Å². The second-order valence-corrected chi connectivity index (χ2v) is 7.61. The van der Waals surface area contributed by atoms with E-state index in [4.69, 9.17) is 18.0 Å². The Bertz CT molecular complexity index is 766. The highest BCUT2D eigenvalue weighted by Gasteiger charge is 2.18. The molecule has 0 aromatic carbocycles. The Hall–Kier alpha value is -1.51. The third-order valence-electron chi connectivity index (χ3n) is 2.56. The van der Waals surface area contributed by atoms with E-state index in [1.807, 2.05) is 6.92 Å². The summed E-state index contributed by atoms with van der Waals surface area (Å²) in [7, 11) is -3.65. The average Bonchev–Trinajstić information content (AvgIpc) is 2.83. The lowest BCUT2D eigenvalue weighted by atomic mass is 10.3. The number of aromatic nitrogens is 1. The Balaban J connectivity index is 2.33. The van der Waals surface area contributed by atoms with Crippen LogP contribution in [0.1, 0.15) is 16.3 Å². The molecule has 0 aliphatic heterocycles. The van der Waals surface area contributed by atoms with Gasteiger partial charge in [-0.1, -0.05) is 12.2 Å². The number of hydrogen-bond donors (Lipinski definition) is 2. The summed E-state index contributed by atoms with van der Waals surface area (Å²) < 4.78 is 27.2. The molecule has 5 nitrogen and oxygen atoms in total. The first-order chi connectivity index (χ1) is 9.29. The number of hydrogen-bond acceptors (Lipinski definition) is 5. The van der Waals surface area contributed by atoms with Gasteiger partial charge in [-0.15, -0.1) is 11.3 Å². The number of pyridine rings is 1. The minimum absolute atomic E-state index is 0.167. The van der Waals surface area contributed by atoms with Crippen molar-refractivity contribution in [1.29, 1.82) is 0 Å². The molecule has 20 heavy (non-hydrogen) atoms. The number of rotatable bonds is 4. The van der Waals surface area contributed by atoms with E-state index in [0.29, 0.717) is 16.3 Å². The van der Waals surface area contributed by atoms with E-state index in [-0.39, 0.29) is 9.20 Å². The molecule has 0 saturated carbocycles. The van der Waals surface area contributed by atoms with Gasteiger partial charge in [-0.05, 0) is 38.1 Å². The molecule has 0 spiro atoms. The van der Waals surface area contributed by atoms with Crippen molar-refractivity contribution in [2.75, 3.05) is 4.72 Å². The van der Waals surface area contributed by atoms with E-state index in [9.17, 15) is 8.42 Å². The summed E-state index contributed by atoms with van der Waals surface area (Å²) in [4.78, 5) is 4.97. The Morgan fingerprint density at radius 2 is 2.00 bits per heavy atom. The van der Waals surface area contributed by atoms with Crippen LogP contribution in [0.5, 0.6) is 0 Å². The molecule has 106 valence electrons. The zero-order valence-electron chi connectivity index (χ0n) is 10.9. The summed E-state index contributed by atoms with van der Waals surface area (Å²) in [5.74, 6) is 0. The van der Waals surface area contributed by atoms with Crippen molar-refractivity contribution in [3.63, 3.8) is 0 Å². The predicted octanol–water partition coefficient (Wildman–Crippen LogP) is 2.19. The number of sulfonamides is 1. The molecule has 0 atom stereocenters. The van der Waals surface area contributed by atoms with Crippen molar-refractivity contribution >= 4 is 44.3 Å². The van der Waals surface area contributed by atoms with Gasteiger partial charge in [-0.2, -0.15) is 0 Å². The Labute approximate surface area is 126 Å². The standard InChI is InChI=1S/C12H13N3O2S3/c1-7-3-4-9(8(2)14-7)15-20(16,17)11-6-5-10(19-11)12(13)18/h3-6,15H,1-2H3,(H2,13,18). The van der Waals surface area contributed by atoms with E-state index in [1.165, 1.54) is 6.07 Å². The largest absolute Gasteiger partial charge is 0.389 e. The first-order valence-electron chi connectivity index (χ1n) is 5.66. The van der Waals surface area contributed by atoms with Gasteiger partial charge in [0.2, 0.25) is 0 Å². The van der Waals surface area contributed by atoms with Crippen molar-refractivity contribution in [1.82, 2.24) is 4.98 Å². The lowest BCUT2D eigenvalue weighted by Crippen LogP contribution is -2.13. The predicted molar refractivity (Wildman–Crippen MR) is 84.7 cm³/mol. The van der Waals surface area contributed by atoms with Crippen molar-refractivity contribution < 1.29 is 8.42 Å². The van der Waals surface area contributed by atoms with Gasteiger partial charge >= 0.3 is 0 Å². The van der Waals surface area contributed by atoms with E-state index < -0.39 is 10.0 Å². The molecule has 3 N–H and O–H groups in total. The molecule has 2 rings (SSSR count). The van der Waals surface area contributed by atoms with Gasteiger partial charge in [0.25, 0.3) is 10.0 Å². The van der Waals surface area contributed by atoms with E-state index in [2.05, 4.69) is 9.71 Å². The van der Waals surface area contributed by atoms with Crippen LogP contribution in [0.3, 0.4) is 0 Å². The van der Waals surface area contributed by atoms with E-state index >= 15 is 0 Å². The van der Waals surface area contributed by atoms with Crippen LogP contribution in [0, 0.1) is 13.8 Å². The summed E-state index contributed by atoms with van der Waals surface area (Å²) in [5, 5.41) is 0. The maximum Gasteiger partial charge on any atom is 0.271 e. The maximum absolute atomic E-state index is 12.3. The van der Waals surface area contributed by atoms with Crippen molar-refractivity contribution in [2.24, 2.45) is 5.73 Å². The second kappa shape index (κ2) is 5.47.